The summed E-state index contributed by atoms with van der Waals surface area (Å²) in [6.45, 7) is 6.19. The second-order valence-electron chi connectivity index (χ2n) is 2.80. The molecule has 0 spiro atoms. The molecular formula is C9H19NO2. The van der Waals surface area contributed by atoms with Gasteiger partial charge in [0.2, 0.25) is 5.91 Å². The highest BCUT2D eigenvalue weighted by atomic mass is 16.5. The van der Waals surface area contributed by atoms with Crippen molar-refractivity contribution in [3.05, 3.63) is 0 Å². The molecule has 1 N–H and O–H groups in total. The number of carbonyl (C=O) groups excluding carboxylic acids is 1. The van der Waals surface area contributed by atoms with Gasteiger partial charge in [-0.25, -0.2) is 0 Å². The van der Waals surface area contributed by atoms with Crippen molar-refractivity contribution in [2.75, 3.05) is 13.7 Å². The van der Waals surface area contributed by atoms with Gasteiger partial charge in [0, 0.05) is 20.6 Å². The van der Waals surface area contributed by atoms with Gasteiger partial charge >= 0.3 is 0 Å². The number of nitrogens with one attached hydrogen (secondary N) is 1. The Bertz CT molecular complexity index is 141. The number of carbonyl (C=O) groups is 1. The summed E-state index contributed by atoms with van der Waals surface area (Å²) in [6.07, 6.45) is 2.15. The maximum atomic E-state index is 10.5. The van der Waals surface area contributed by atoms with Gasteiger partial charge in [0.1, 0.15) is 0 Å². The first kappa shape index (κ1) is 11.4. The van der Waals surface area contributed by atoms with Crippen molar-refractivity contribution in [3.63, 3.8) is 0 Å². The molecule has 3 nitrogen and oxygen atoms in total. The van der Waals surface area contributed by atoms with Gasteiger partial charge in [-0.3, -0.25) is 4.79 Å². The molecule has 0 bridgehead atoms. The molecule has 1 fully saturated rings. The van der Waals surface area contributed by atoms with E-state index in [1.54, 1.807) is 7.11 Å². The van der Waals surface area contributed by atoms with Crippen molar-refractivity contribution >= 4 is 5.91 Å². The van der Waals surface area contributed by atoms with Crippen molar-refractivity contribution in [2.45, 2.75) is 39.2 Å². The molecule has 3 heteroatoms. The Morgan fingerprint density at radius 3 is 2.25 bits per heavy atom. The molecule has 0 radical (unpaired) electrons. The first-order chi connectivity index (χ1) is 5.68. The summed E-state index contributed by atoms with van der Waals surface area (Å²) in [7, 11) is 1.69. The summed E-state index contributed by atoms with van der Waals surface area (Å²) in [5, 5.41) is 2.74. The Morgan fingerprint density at radius 2 is 2.00 bits per heavy atom. The summed E-state index contributed by atoms with van der Waals surface area (Å²) in [5.41, 5.74) is -0.00826. The average molecular weight is 173 g/mol. The molecule has 72 valence electrons. The highest BCUT2D eigenvalue weighted by Crippen LogP contribution is 2.37. The van der Waals surface area contributed by atoms with Crippen LogP contribution in [0.2, 0.25) is 0 Å². The van der Waals surface area contributed by atoms with E-state index in [4.69, 9.17) is 4.74 Å². The van der Waals surface area contributed by atoms with Crippen molar-refractivity contribution in [2.24, 2.45) is 0 Å². The van der Waals surface area contributed by atoms with Gasteiger partial charge in [-0.05, 0) is 12.8 Å². The lowest BCUT2D eigenvalue weighted by Crippen LogP contribution is -2.32. The van der Waals surface area contributed by atoms with Gasteiger partial charge in [-0.15, -0.1) is 0 Å². The number of hydrogen-bond donors (Lipinski definition) is 1. The lowest BCUT2D eigenvalue weighted by molar-refractivity contribution is -0.119. The summed E-state index contributed by atoms with van der Waals surface area (Å²) in [5.74, 6) is 0.0170. The van der Waals surface area contributed by atoms with Gasteiger partial charge in [-0.1, -0.05) is 13.8 Å². The minimum absolute atomic E-state index is 0.00826. The summed E-state index contributed by atoms with van der Waals surface area (Å²) in [6, 6.07) is 0. The van der Waals surface area contributed by atoms with E-state index in [0.29, 0.717) is 6.54 Å². The van der Waals surface area contributed by atoms with E-state index in [1.807, 2.05) is 13.8 Å². The van der Waals surface area contributed by atoms with Gasteiger partial charge in [0.25, 0.3) is 0 Å². The first-order valence-electron chi connectivity index (χ1n) is 4.48. The van der Waals surface area contributed by atoms with Gasteiger partial charge in [-0.2, -0.15) is 0 Å². The number of rotatable bonds is 3. The van der Waals surface area contributed by atoms with Crippen LogP contribution in [-0.2, 0) is 9.53 Å². The molecule has 1 aliphatic carbocycles. The minimum atomic E-state index is -0.00826. The number of amides is 1. The number of ether oxygens (including phenoxy) is 1. The Balaban J connectivity index is 0.000000561. The molecule has 12 heavy (non-hydrogen) atoms. The largest absolute Gasteiger partial charge is 0.376 e. The third-order valence-corrected chi connectivity index (χ3v) is 1.90. The van der Waals surface area contributed by atoms with E-state index in [1.165, 1.54) is 6.92 Å². The first-order valence-corrected chi connectivity index (χ1v) is 4.48. The van der Waals surface area contributed by atoms with Gasteiger partial charge in [0.05, 0.1) is 5.60 Å². The summed E-state index contributed by atoms with van der Waals surface area (Å²) < 4.78 is 5.18. The van der Waals surface area contributed by atoms with Crippen LogP contribution in [0.1, 0.15) is 33.6 Å². The Labute approximate surface area is 74.5 Å². The van der Waals surface area contributed by atoms with Crippen molar-refractivity contribution in [1.29, 1.82) is 0 Å². The molecule has 0 aliphatic heterocycles. The zero-order valence-corrected chi connectivity index (χ0v) is 8.44. The van der Waals surface area contributed by atoms with Crippen molar-refractivity contribution in [1.82, 2.24) is 5.32 Å². The quantitative estimate of drug-likeness (QED) is 0.699. The van der Waals surface area contributed by atoms with E-state index >= 15 is 0 Å². The molecule has 0 atom stereocenters. The third-order valence-electron chi connectivity index (χ3n) is 1.90. The minimum Gasteiger partial charge on any atom is -0.376 e. The Morgan fingerprint density at radius 1 is 1.50 bits per heavy atom. The maximum absolute atomic E-state index is 10.5. The van der Waals surface area contributed by atoms with Crippen LogP contribution >= 0.6 is 0 Å². The fourth-order valence-electron chi connectivity index (χ4n) is 0.878. The normalized spacial score (nSPS) is 17.3. The lowest BCUT2D eigenvalue weighted by Gasteiger charge is -2.12. The Kier molecular flexibility index (Phi) is 4.90. The fraction of sp³-hybridized carbons (Fsp3) is 0.889. The molecule has 1 rings (SSSR count). The number of hydrogen-bond acceptors (Lipinski definition) is 2. The van der Waals surface area contributed by atoms with Crippen LogP contribution in [0.5, 0.6) is 0 Å². The van der Waals surface area contributed by atoms with Gasteiger partial charge in [0.15, 0.2) is 0 Å². The van der Waals surface area contributed by atoms with Crippen LogP contribution in [0.25, 0.3) is 0 Å². The number of methoxy groups -OCH3 is 1. The monoisotopic (exact) mass is 173 g/mol. The predicted octanol–water partition coefficient (Wildman–Crippen LogP) is 1.33. The van der Waals surface area contributed by atoms with E-state index in [2.05, 4.69) is 5.32 Å². The van der Waals surface area contributed by atoms with Crippen molar-refractivity contribution in [3.8, 4) is 0 Å². The second-order valence-corrected chi connectivity index (χ2v) is 2.80. The van der Waals surface area contributed by atoms with E-state index < -0.39 is 0 Å². The smallest absolute Gasteiger partial charge is 0.216 e. The molecular weight excluding hydrogens is 154 g/mol. The molecule has 0 unspecified atom stereocenters. The van der Waals surface area contributed by atoms with Crippen LogP contribution in [0.3, 0.4) is 0 Å². The summed E-state index contributed by atoms with van der Waals surface area (Å²) >= 11 is 0. The standard InChI is InChI=1S/C7H13NO2.C2H6/c1-6(9)8-5-7(10-2)3-4-7;1-2/h3-5H2,1-2H3,(H,8,9);1-2H3. The third kappa shape index (κ3) is 3.72. The van der Waals surface area contributed by atoms with E-state index in [9.17, 15) is 4.79 Å². The fourth-order valence-corrected chi connectivity index (χ4v) is 0.878. The molecule has 0 heterocycles. The van der Waals surface area contributed by atoms with Crippen LogP contribution in [0.4, 0.5) is 0 Å². The summed E-state index contributed by atoms with van der Waals surface area (Å²) in [4.78, 5) is 10.5. The predicted molar refractivity (Wildman–Crippen MR) is 49.0 cm³/mol. The Hall–Kier alpha value is -0.570. The van der Waals surface area contributed by atoms with Crippen LogP contribution in [0, 0.1) is 0 Å². The van der Waals surface area contributed by atoms with Crippen molar-refractivity contribution < 1.29 is 9.53 Å². The highest BCUT2D eigenvalue weighted by Gasteiger charge is 2.42. The molecule has 0 saturated heterocycles. The topological polar surface area (TPSA) is 38.3 Å². The van der Waals surface area contributed by atoms with Gasteiger partial charge < -0.3 is 10.1 Å². The zero-order chi connectivity index (χ0) is 9.61. The molecule has 1 saturated carbocycles. The molecule has 0 aromatic carbocycles. The second kappa shape index (κ2) is 5.14. The molecule has 1 amide bonds. The van der Waals surface area contributed by atoms with Crippen LogP contribution in [0.15, 0.2) is 0 Å². The lowest BCUT2D eigenvalue weighted by atomic mass is 10.3. The SMILES string of the molecule is CC.COC1(CNC(C)=O)CC1. The van der Waals surface area contributed by atoms with E-state index in [-0.39, 0.29) is 11.5 Å². The van der Waals surface area contributed by atoms with Crippen LogP contribution < -0.4 is 5.32 Å². The highest BCUT2D eigenvalue weighted by molar-refractivity contribution is 5.72. The van der Waals surface area contributed by atoms with Crippen LogP contribution in [-0.4, -0.2) is 25.2 Å². The zero-order valence-electron chi connectivity index (χ0n) is 8.44. The average Bonchev–Trinajstić information content (AvgIpc) is 2.85. The molecule has 1 aliphatic rings. The maximum Gasteiger partial charge on any atom is 0.216 e. The molecule has 0 aromatic rings. The molecule has 0 aromatic heterocycles. The van der Waals surface area contributed by atoms with E-state index in [0.717, 1.165) is 12.8 Å².